The molecule has 0 aliphatic carbocycles. The lowest BCUT2D eigenvalue weighted by Crippen LogP contribution is -2.34. The molecule has 1 aliphatic heterocycles. The van der Waals surface area contributed by atoms with Crippen LogP contribution in [0.1, 0.15) is 25.8 Å². The second-order valence-corrected chi connectivity index (χ2v) is 8.05. The van der Waals surface area contributed by atoms with Crippen molar-refractivity contribution in [2.45, 2.75) is 31.8 Å². The zero-order chi connectivity index (χ0) is 16.2. The number of hydrogen-bond donors (Lipinski definition) is 1. The molecule has 1 aromatic rings. The summed E-state index contributed by atoms with van der Waals surface area (Å²) in [5.41, 5.74) is 0.596. The minimum atomic E-state index is -3.42. The third-order valence-electron chi connectivity index (χ3n) is 3.57. The molecule has 0 radical (unpaired) electrons. The molecule has 1 aromatic carbocycles. The van der Waals surface area contributed by atoms with E-state index in [1.807, 2.05) is 13.8 Å². The molecule has 2 rings (SSSR count). The van der Waals surface area contributed by atoms with Crippen molar-refractivity contribution in [1.29, 1.82) is 0 Å². The van der Waals surface area contributed by atoms with Gasteiger partial charge in [0.2, 0.25) is 10.0 Å². The Morgan fingerprint density at radius 3 is 2.59 bits per heavy atom. The summed E-state index contributed by atoms with van der Waals surface area (Å²) in [6.07, 6.45) is 0.640. The van der Waals surface area contributed by atoms with Gasteiger partial charge >= 0.3 is 0 Å². The molecule has 22 heavy (non-hydrogen) atoms. The molecule has 7 heteroatoms. The van der Waals surface area contributed by atoms with Crippen LogP contribution in [0.2, 0.25) is 5.02 Å². The van der Waals surface area contributed by atoms with E-state index >= 15 is 0 Å². The van der Waals surface area contributed by atoms with Crippen molar-refractivity contribution in [3.63, 3.8) is 0 Å². The molecule has 0 amide bonds. The Morgan fingerprint density at radius 2 is 1.95 bits per heavy atom. The molecule has 0 saturated carbocycles. The first-order valence-electron chi connectivity index (χ1n) is 7.28. The van der Waals surface area contributed by atoms with Crippen LogP contribution < -0.4 is 4.72 Å². The first kappa shape index (κ1) is 17.7. The van der Waals surface area contributed by atoms with Crippen LogP contribution in [0, 0.1) is 5.92 Å². The number of halogens is 1. The summed E-state index contributed by atoms with van der Waals surface area (Å²) in [5.74, 6) is -0.624. The fourth-order valence-electron chi connectivity index (χ4n) is 2.52. The van der Waals surface area contributed by atoms with E-state index in [-0.39, 0.29) is 11.7 Å². The Kier molecular flexibility index (Phi) is 5.85. The van der Waals surface area contributed by atoms with Crippen LogP contribution in [0.15, 0.2) is 24.3 Å². The predicted octanol–water partition coefficient (Wildman–Crippen LogP) is 2.55. The van der Waals surface area contributed by atoms with E-state index in [4.69, 9.17) is 21.1 Å². The molecule has 5 nitrogen and oxygen atoms in total. The largest absolute Gasteiger partial charge is 0.348 e. The first-order valence-corrected chi connectivity index (χ1v) is 9.31. The van der Waals surface area contributed by atoms with E-state index < -0.39 is 15.8 Å². The van der Waals surface area contributed by atoms with Gasteiger partial charge in [-0.15, -0.1) is 0 Å². The number of benzene rings is 1. The molecule has 0 bridgehead atoms. The van der Waals surface area contributed by atoms with Gasteiger partial charge in [0.05, 0.1) is 19.0 Å². The number of ether oxygens (including phenoxy) is 2. The average Bonchev–Trinajstić information content (AvgIpc) is 2.86. The van der Waals surface area contributed by atoms with Crippen molar-refractivity contribution in [2.24, 2.45) is 5.92 Å². The molecule has 1 N–H and O–H groups in total. The molecule has 1 heterocycles. The van der Waals surface area contributed by atoms with Crippen molar-refractivity contribution >= 4 is 21.6 Å². The zero-order valence-electron chi connectivity index (χ0n) is 12.8. The second kappa shape index (κ2) is 7.27. The van der Waals surface area contributed by atoms with Gasteiger partial charge in [0.25, 0.3) is 0 Å². The van der Waals surface area contributed by atoms with Gasteiger partial charge in [0.15, 0.2) is 5.79 Å². The fraction of sp³-hybridized carbons (Fsp3) is 0.600. The molecule has 124 valence electrons. The summed E-state index contributed by atoms with van der Waals surface area (Å²) in [6.45, 7) is 5.36. The number of nitrogens with one attached hydrogen (secondary N) is 1. The average molecular weight is 348 g/mol. The SMILES string of the molecule is C[C@@H](CNS(=O)(=O)Cc1ccccc1Cl)CC1(C)OCCO1. The first-order chi connectivity index (χ1) is 10.3. The quantitative estimate of drug-likeness (QED) is 0.823. The highest BCUT2D eigenvalue weighted by Gasteiger charge is 2.32. The maximum absolute atomic E-state index is 12.1. The molecular weight excluding hydrogens is 326 g/mol. The molecule has 0 unspecified atom stereocenters. The topological polar surface area (TPSA) is 64.6 Å². The minimum absolute atomic E-state index is 0.101. The van der Waals surface area contributed by atoms with Gasteiger partial charge in [-0.05, 0) is 24.5 Å². The summed E-state index contributed by atoms with van der Waals surface area (Å²) >= 11 is 6.00. The summed E-state index contributed by atoms with van der Waals surface area (Å²) in [4.78, 5) is 0. The summed E-state index contributed by atoms with van der Waals surface area (Å²) in [6, 6.07) is 6.95. The van der Waals surface area contributed by atoms with Crippen molar-refractivity contribution in [3.05, 3.63) is 34.9 Å². The summed E-state index contributed by atoms with van der Waals surface area (Å²) < 4.78 is 38.0. The van der Waals surface area contributed by atoms with Gasteiger partial charge in [-0.3, -0.25) is 0 Å². The molecule has 1 atom stereocenters. The molecule has 1 saturated heterocycles. The lowest BCUT2D eigenvalue weighted by molar-refractivity contribution is -0.153. The monoisotopic (exact) mass is 347 g/mol. The minimum Gasteiger partial charge on any atom is -0.348 e. The fourth-order valence-corrected chi connectivity index (χ4v) is 4.10. The van der Waals surface area contributed by atoms with Crippen LogP contribution in [-0.4, -0.2) is 34.0 Å². The third kappa shape index (κ3) is 5.21. The van der Waals surface area contributed by atoms with Crippen LogP contribution in [0.25, 0.3) is 0 Å². The van der Waals surface area contributed by atoms with Gasteiger partial charge < -0.3 is 9.47 Å². The van der Waals surface area contributed by atoms with Crippen molar-refractivity contribution in [2.75, 3.05) is 19.8 Å². The zero-order valence-corrected chi connectivity index (χ0v) is 14.4. The molecular formula is C15H22ClNO4S. The van der Waals surface area contributed by atoms with Gasteiger partial charge in [-0.1, -0.05) is 36.7 Å². The van der Waals surface area contributed by atoms with Crippen LogP contribution in [0.5, 0.6) is 0 Å². The Balaban J connectivity index is 1.85. The predicted molar refractivity (Wildman–Crippen MR) is 86.2 cm³/mol. The number of hydrogen-bond acceptors (Lipinski definition) is 4. The van der Waals surface area contributed by atoms with Crippen LogP contribution in [0.3, 0.4) is 0 Å². The van der Waals surface area contributed by atoms with Crippen LogP contribution in [-0.2, 0) is 25.2 Å². The van der Waals surface area contributed by atoms with Crippen molar-refractivity contribution in [3.8, 4) is 0 Å². The lowest BCUT2D eigenvalue weighted by Gasteiger charge is -2.26. The van der Waals surface area contributed by atoms with E-state index in [0.717, 1.165) is 0 Å². The van der Waals surface area contributed by atoms with E-state index in [1.165, 1.54) is 0 Å². The Bertz CT molecular complexity index is 599. The van der Waals surface area contributed by atoms with E-state index in [9.17, 15) is 8.42 Å². The summed E-state index contributed by atoms with van der Waals surface area (Å²) in [5, 5.41) is 0.459. The van der Waals surface area contributed by atoms with Gasteiger partial charge in [0, 0.05) is 18.0 Å². The van der Waals surface area contributed by atoms with Gasteiger partial charge in [-0.2, -0.15) is 0 Å². The van der Waals surface area contributed by atoms with Gasteiger partial charge in [0.1, 0.15) is 0 Å². The smallest absolute Gasteiger partial charge is 0.215 e. The van der Waals surface area contributed by atoms with Crippen molar-refractivity contribution < 1.29 is 17.9 Å². The third-order valence-corrected chi connectivity index (χ3v) is 5.24. The maximum Gasteiger partial charge on any atom is 0.215 e. The highest BCUT2D eigenvalue weighted by atomic mass is 35.5. The Hall–Kier alpha value is -0.660. The highest BCUT2D eigenvalue weighted by Crippen LogP contribution is 2.26. The van der Waals surface area contributed by atoms with E-state index in [1.54, 1.807) is 24.3 Å². The maximum atomic E-state index is 12.1. The molecule has 1 fully saturated rings. The van der Waals surface area contributed by atoms with Crippen LogP contribution in [0.4, 0.5) is 0 Å². The molecule has 1 aliphatic rings. The Morgan fingerprint density at radius 1 is 1.32 bits per heavy atom. The van der Waals surface area contributed by atoms with E-state index in [0.29, 0.717) is 36.8 Å². The van der Waals surface area contributed by atoms with Crippen molar-refractivity contribution in [1.82, 2.24) is 4.72 Å². The standard InChI is InChI=1S/C15H22ClNO4S/c1-12(9-15(2)20-7-8-21-15)10-17-22(18,19)11-13-5-3-4-6-14(13)16/h3-6,12,17H,7-11H2,1-2H3/t12-/m1/s1. The van der Waals surface area contributed by atoms with E-state index in [2.05, 4.69) is 4.72 Å². The summed E-state index contributed by atoms with van der Waals surface area (Å²) in [7, 11) is -3.42. The lowest BCUT2D eigenvalue weighted by atomic mass is 10.0. The molecule has 0 spiro atoms. The molecule has 0 aromatic heterocycles. The Labute approximate surface area is 137 Å². The van der Waals surface area contributed by atoms with Gasteiger partial charge in [-0.25, -0.2) is 13.1 Å². The number of rotatable bonds is 7. The normalized spacial score (nSPS) is 19.2. The van der Waals surface area contributed by atoms with Crippen LogP contribution >= 0.6 is 11.6 Å². The second-order valence-electron chi connectivity index (χ2n) is 5.84. The number of sulfonamides is 1. The highest BCUT2D eigenvalue weighted by molar-refractivity contribution is 7.88.